The monoisotopic (exact) mass is 1350 g/mol. The van der Waals surface area contributed by atoms with Crippen molar-refractivity contribution in [1.82, 2.24) is 58.1 Å². The van der Waals surface area contributed by atoms with E-state index < -0.39 is 167 Å². The van der Waals surface area contributed by atoms with Crippen molar-refractivity contribution in [3.05, 3.63) is 0 Å². The van der Waals surface area contributed by atoms with Gasteiger partial charge in [-0.05, 0) is 130 Å². The molecule has 95 heavy (non-hydrogen) atoms. The number of amides is 14. The largest absolute Gasteiger partial charge is 0.394 e. The summed E-state index contributed by atoms with van der Waals surface area (Å²) in [7, 11) is 0. The summed E-state index contributed by atoms with van der Waals surface area (Å²) < 4.78 is 0. The first-order valence-electron chi connectivity index (χ1n) is 34.0. The maximum Gasteiger partial charge on any atom is 0.248 e. The molecule has 1 heterocycles. The Kier molecular flexibility index (Phi) is 36.8. The van der Waals surface area contributed by atoms with Crippen molar-refractivity contribution < 1.29 is 72.2 Å². The molecule has 0 aromatic carbocycles. The fourth-order valence-corrected chi connectivity index (χ4v) is 10.7. The standard InChI is InChI=1S/C66H118N14O15/c1-16-19-20-21-22-23-24-27-52(85)76-66(15,18-3)62(95)80-34-25-26-48(80)58(91)73-47(37-41(8)9)57(90)78-65(14,17-2)61(94)75-44(29-32-50(68)83)53(86)71-45(30-33-51(69)84)56(89)77-64(12,13)60(93)79-63(10,11)59(92)74-43(28-31-49(67)82)54(87)72-46(36-40(6)7)55(88)70-42(38-81)35-39(4)5/h39-48,81H,16-38H2,1-15H3,(H2,67,82)(H2,68,83)(H2,69,84)(H,70,88)(H,71,86)(H,72,87)(H,73,91)(H,74,92)(H,75,94)(H,76,85)(H,77,89)(H,78,90)(H,79,93)/t42-,43-,44-,45-,46-,47-,48-,65+,66+/m0/s1. The van der Waals surface area contributed by atoms with E-state index in [1.807, 2.05) is 41.5 Å². The number of aliphatic hydroxyl groups is 1. The van der Waals surface area contributed by atoms with Gasteiger partial charge in [-0.15, -0.1) is 0 Å². The maximum atomic E-state index is 14.4. The number of aliphatic hydroxyl groups excluding tert-OH is 1. The number of nitrogens with two attached hydrogens (primary N) is 3. The molecule has 29 heteroatoms. The van der Waals surface area contributed by atoms with Crippen LogP contribution in [0, 0.1) is 17.8 Å². The van der Waals surface area contributed by atoms with Crippen molar-refractivity contribution in [2.24, 2.45) is 35.0 Å². The first-order chi connectivity index (χ1) is 44.1. The molecule has 1 rings (SSSR count). The Morgan fingerprint density at radius 3 is 1.34 bits per heavy atom. The average molecular weight is 1350 g/mol. The number of rotatable bonds is 46. The van der Waals surface area contributed by atoms with Gasteiger partial charge in [0.05, 0.1) is 12.6 Å². The first-order valence-corrected chi connectivity index (χ1v) is 34.0. The van der Waals surface area contributed by atoms with Crippen molar-refractivity contribution in [1.29, 1.82) is 0 Å². The van der Waals surface area contributed by atoms with Crippen molar-refractivity contribution >= 4 is 82.7 Å². The van der Waals surface area contributed by atoms with Crippen molar-refractivity contribution in [3.8, 4) is 0 Å². The van der Waals surface area contributed by atoms with Crippen LogP contribution < -0.4 is 70.4 Å². The highest BCUT2D eigenvalue weighted by Gasteiger charge is 2.46. The summed E-state index contributed by atoms with van der Waals surface area (Å²) in [6.07, 6.45) is 6.54. The molecule has 1 fully saturated rings. The lowest BCUT2D eigenvalue weighted by atomic mass is 9.94. The summed E-state index contributed by atoms with van der Waals surface area (Å²) in [5.41, 5.74) is 9.48. The van der Waals surface area contributed by atoms with Crippen LogP contribution in [0.25, 0.3) is 0 Å². The highest BCUT2D eigenvalue weighted by atomic mass is 16.3. The molecule has 9 atom stereocenters. The number of primary amides is 3. The highest BCUT2D eigenvalue weighted by molar-refractivity contribution is 6.01. The maximum absolute atomic E-state index is 14.4. The van der Waals surface area contributed by atoms with E-state index in [4.69, 9.17) is 17.2 Å². The number of carbonyl (C=O) groups excluding carboxylic acids is 14. The van der Waals surface area contributed by atoms with Crippen LogP contribution in [-0.4, -0.2) is 170 Å². The van der Waals surface area contributed by atoms with E-state index in [1.54, 1.807) is 20.8 Å². The fraction of sp³-hybridized carbons (Fsp3) is 0.788. The second-order valence-electron chi connectivity index (χ2n) is 28.2. The number of hydrogen-bond acceptors (Lipinski definition) is 15. The van der Waals surface area contributed by atoms with Gasteiger partial charge in [0.25, 0.3) is 0 Å². The van der Waals surface area contributed by atoms with Crippen LogP contribution in [0.5, 0.6) is 0 Å². The van der Waals surface area contributed by atoms with Gasteiger partial charge in [0.2, 0.25) is 82.7 Å². The Labute approximate surface area is 562 Å². The normalized spacial score (nSPS) is 16.5. The van der Waals surface area contributed by atoms with Gasteiger partial charge in [0.15, 0.2) is 0 Å². The van der Waals surface area contributed by atoms with Gasteiger partial charge in [-0.25, -0.2) is 0 Å². The number of carbonyl (C=O) groups is 14. The van der Waals surface area contributed by atoms with Gasteiger partial charge in [-0.3, -0.25) is 67.1 Å². The third kappa shape index (κ3) is 30.4. The van der Waals surface area contributed by atoms with Gasteiger partial charge >= 0.3 is 0 Å². The Bertz CT molecular complexity index is 2630. The fourth-order valence-electron chi connectivity index (χ4n) is 10.7. The van der Waals surface area contributed by atoms with Crippen LogP contribution in [-0.2, 0) is 67.1 Å². The number of nitrogens with zero attached hydrogens (tertiary/aromatic N) is 1. The summed E-state index contributed by atoms with van der Waals surface area (Å²) in [6, 6.07) is -8.68. The predicted octanol–water partition coefficient (Wildman–Crippen LogP) is 1.31. The Hall–Kier alpha value is -7.46. The number of hydrogen-bond donors (Lipinski definition) is 14. The number of unbranched alkanes of at least 4 members (excludes halogenated alkanes) is 6. The van der Waals surface area contributed by atoms with Crippen LogP contribution >= 0.6 is 0 Å². The van der Waals surface area contributed by atoms with Crippen molar-refractivity contribution in [2.75, 3.05) is 13.2 Å². The van der Waals surface area contributed by atoms with Gasteiger partial charge in [-0.1, -0.05) is 101 Å². The second kappa shape index (κ2) is 40.8. The van der Waals surface area contributed by atoms with E-state index in [0.717, 1.165) is 32.1 Å². The SMILES string of the molecule is CCCCCCCCCC(=O)N[C@](C)(CC)C(=O)N1CCC[C@H]1C(=O)N[C@@H](CC(C)C)C(=O)N[C@](C)(CC)C(=O)N[C@@H](CCC(N)=O)C(=O)N[C@@H](CCC(N)=O)C(=O)NC(C)(C)C(=O)NC(C)(C)C(=O)N[C@@H](CCC(N)=O)C(=O)N[C@@H](CC(C)C)C(=O)N[C@H](CO)CC(C)C. The number of likely N-dealkylation sites (tertiary alicyclic amines) is 1. The summed E-state index contributed by atoms with van der Waals surface area (Å²) in [4.78, 5) is 192. The second-order valence-corrected chi connectivity index (χ2v) is 28.2. The molecule has 1 aliphatic heterocycles. The molecule has 17 N–H and O–H groups in total. The molecule has 0 unspecified atom stereocenters. The summed E-state index contributed by atoms with van der Waals surface area (Å²) in [5.74, 6) is -11.2. The highest BCUT2D eigenvalue weighted by Crippen LogP contribution is 2.25. The van der Waals surface area contributed by atoms with Gasteiger partial charge in [0, 0.05) is 32.2 Å². The molecule has 542 valence electrons. The minimum absolute atomic E-state index is 0.0858. The molecule has 0 aromatic rings. The van der Waals surface area contributed by atoms with E-state index in [9.17, 15) is 72.2 Å². The molecule has 0 saturated carbocycles. The molecule has 0 aliphatic carbocycles. The molecule has 0 radical (unpaired) electrons. The third-order valence-corrected chi connectivity index (χ3v) is 16.9. The average Bonchev–Trinajstić information content (AvgIpc) is 1.84. The lowest BCUT2D eigenvalue weighted by Crippen LogP contribution is -2.66. The Balaban J connectivity index is 3.42. The zero-order valence-corrected chi connectivity index (χ0v) is 59.4. The Morgan fingerprint density at radius 1 is 0.453 bits per heavy atom. The zero-order chi connectivity index (χ0) is 72.8. The van der Waals surface area contributed by atoms with Crippen LogP contribution in [0.3, 0.4) is 0 Å². The minimum Gasteiger partial charge on any atom is -0.394 e. The lowest BCUT2D eigenvalue weighted by molar-refractivity contribution is -0.146. The lowest BCUT2D eigenvalue weighted by Gasteiger charge is -2.36. The van der Waals surface area contributed by atoms with Crippen molar-refractivity contribution in [3.63, 3.8) is 0 Å². The smallest absolute Gasteiger partial charge is 0.248 e. The molecule has 0 aromatic heterocycles. The summed E-state index contributed by atoms with van der Waals surface area (Å²) in [5, 5.41) is 36.4. The van der Waals surface area contributed by atoms with Crippen LogP contribution in [0.4, 0.5) is 0 Å². The first kappa shape index (κ1) is 85.6. The number of nitrogens with one attached hydrogen (secondary N) is 10. The van der Waals surface area contributed by atoms with E-state index in [0.29, 0.717) is 19.3 Å². The molecule has 29 nitrogen and oxygen atoms in total. The van der Waals surface area contributed by atoms with E-state index in [-0.39, 0.29) is 88.2 Å². The van der Waals surface area contributed by atoms with E-state index in [2.05, 4.69) is 60.1 Å². The summed E-state index contributed by atoms with van der Waals surface area (Å²) in [6.45, 7) is 24.6. The molecular weight excluding hydrogens is 1230 g/mol. The zero-order valence-electron chi connectivity index (χ0n) is 59.4. The van der Waals surface area contributed by atoms with Crippen molar-refractivity contribution in [2.45, 2.75) is 303 Å². The topological polar surface area (TPSA) is 461 Å². The molecule has 0 bridgehead atoms. The molecule has 0 spiro atoms. The quantitative estimate of drug-likeness (QED) is 0.0382. The summed E-state index contributed by atoms with van der Waals surface area (Å²) >= 11 is 0. The van der Waals surface area contributed by atoms with E-state index in [1.165, 1.54) is 45.9 Å². The van der Waals surface area contributed by atoms with E-state index >= 15 is 0 Å². The molecular formula is C66H118N14O15. The van der Waals surface area contributed by atoms with Crippen LogP contribution in [0.2, 0.25) is 0 Å². The molecule has 1 aliphatic rings. The minimum atomic E-state index is -1.92. The van der Waals surface area contributed by atoms with Crippen LogP contribution in [0.15, 0.2) is 0 Å². The molecule has 1 saturated heterocycles. The van der Waals surface area contributed by atoms with Crippen LogP contribution in [0.1, 0.15) is 239 Å². The third-order valence-electron chi connectivity index (χ3n) is 16.9. The Morgan fingerprint density at radius 2 is 0.874 bits per heavy atom. The van der Waals surface area contributed by atoms with Gasteiger partial charge < -0.3 is 80.4 Å². The predicted molar refractivity (Wildman–Crippen MR) is 358 cm³/mol. The van der Waals surface area contributed by atoms with Gasteiger partial charge in [-0.2, -0.15) is 0 Å². The molecule has 14 amide bonds. The van der Waals surface area contributed by atoms with Gasteiger partial charge in [0.1, 0.15) is 58.4 Å².